The van der Waals surface area contributed by atoms with Gasteiger partial charge in [0.05, 0.1) is 22.0 Å². The first-order chi connectivity index (χ1) is 13.5. The van der Waals surface area contributed by atoms with Crippen LogP contribution >= 0.6 is 23.2 Å². The van der Waals surface area contributed by atoms with E-state index >= 15 is 0 Å². The molecule has 0 bridgehead atoms. The summed E-state index contributed by atoms with van der Waals surface area (Å²) in [7, 11) is 0. The van der Waals surface area contributed by atoms with Gasteiger partial charge in [0.1, 0.15) is 6.61 Å². The summed E-state index contributed by atoms with van der Waals surface area (Å²) in [4.78, 5) is 26.8. The highest BCUT2D eigenvalue weighted by Crippen LogP contribution is 2.31. The van der Waals surface area contributed by atoms with Crippen molar-refractivity contribution < 1.29 is 14.3 Å². The summed E-state index contributed by atoms with van der Waals surface area (Å²) in [6.45, 7) is 3.95. The second-order valence-corrected chi connectivity index (χ2v) is 7.53. The normalized spacial score (nSPS) is 17.3. The molecule has 1 heterocycles. The number of aryl methyl sites for hydroxylation is 1. The number of amides is 2. The highest BCUT2D eigenvalue weighted by molar-refractivity contribution is 6.42. The third-order valence-electron chi connectivity index (χ3n) is 4.85. The van der Waals surface area contributed by atoms with Gasteiger partial charge in [-0.1, -0.05) is 65.7 Å². The van der Waals surface area contributed by atoms with Gasteiger partial charge in [-0.05, 0) is 42.5 Å². The molecule has 3 rings (SSSR count). The van der Waals surface area contributed by atoms with Gasteiger partial charge in [-0.25, -0.2) is 9.69 Å². The van der Waals surface area contributed by atoms with Crippen molar-refractivity contribution in [3.05, 3.63) is 82.4 Å². The average molecular weight is 418 g/mol. The molecule has 4 nitrogen and oxygen atoms in total. The molecule has 1 aliphatic heterocycles. The first-order valence-electron chi connectivity index (χ1n) is 9.11. The lowest BCUT2D eigenvalue weighted by Gasteiger charge is -2.25. The fraction of sp³-hybridized carbons (Fsp3) is 0.273. The number of cyclic esters (lactones) is 1. The molecule has 2 atom stereocenters. The molecule has 1 fully saturated rings. The predicted octanol–water partition coefficient (Wildman–Crippen LogP) is 5.63. The van der Waals surface area contributed by atoms with Gasteiger partial charge in [-0.3, -0.25) is 4.79 Å². The maximum atomic E-state index is 13.3. The van der Waals surface area contributed by atoms with E-state index in [0.29, 0.717) is 28.5 Å². The van der Waals surface area contributed by atoms with Crippen LogP contribution in [0, 0.1) is 0 Å². The van der Waals surface area contributed by atoms with Gasteiger partial charge in [0.15, 0.2) is 0 Å². The van der Waals surface area contributed by atoms with Gasteiger partial charge in [-0.2, -0.15) is 0 Å². The molecule has 2 aromatic carbocycles. The number of hydrogen-bond acceptors (Lipinski definition) is 3. The Hall–Kier alpha value is -2.30. The Morgan fingerprint density at radius 1 is 1.21 bits per heavy atom. The first kappa shape index (κ1) is 20.4. The molecule has 0 N–H and O–H groups in total. The van der Waals surface area contributed by atoms with Crippen molar-refractivity contribution >= 4 is 35.2 Å². The number of rotatable bonds is 7. The number of hydrogen-bond donors (Lipinski definition) is 0. The molecular weight excluding hydrogens is 397 g/mol. The monoisotopic (exact) mass is 417 g/mol. The van der Waals surface area contributed by atoms with E-state index in [1.165, 1.54) is 4.90 Å². The van der Waals surface area contributed by atoms with E-state index in [2.05, 4.69) is 6.58 Å². The van der Waals surface area contributed by atoms with Crippen molar-refractivity contribution in [2.24, 2.45) is 0 Å². The molecule has 6 heteroatoms. The smallest absolute Gasteiger partial charge is 0.416 e. The Kier molecular flexibility index (Phi) is 6.76. The van der Waals surface area contributed by atoms with E-state index in [9.17, 15) is 9.59 Å². The Morgan fingerprint density at radius 2 is 1.96 bits per heavy atom. The highest BCUT2D eigenvalue weighted by Gasteiger charge is 2.40. The largest absolute Gasteiger partial charge is 0.447 e. The number of allylic oxidation sites excluding steroid dienone is 1. The summed E-state index contributed by atoms with van der Waals surface area (Å²) in [6, 6.07) is 14.7. The van der Waals surface area contributed by atoms with E-state index in [4.69, 9.17) is 27.9 Å². The van der Waals surface area contributed by atoms with E-state index < -0.39 is 12.0 Å². The van der Waals surface area contributed by atoms with Crippen LogP contribution in [0.1, 0.15) is 29.9 Å². The minimum absolute atomic E-state index is 0.208. The fourth-order valence-corrected chi connectivity index (χ4v) is 3.67. The third kappa shape index (κ3) is 4.57. The number of ether oxygens (including phenoxy) is 1. The van der Waals surface area contributed by atoms with Crippen LogP contribution in [0.25, 0.3) is 0 Å². The fourth-order valence-electron chi connectivity index (χ4n) is 3.36. The summed E-state index contributed by atoms with van der Waals surface area (Å²) >= 11 is 12.1. The van der Waals surface area contributed by atoms with Crippen molar-refractivity contribution in [3.63, 3.8) is 0 Å². The number of carbonyl (C=O) groups is 2. The summed E-state index contributed by atoms with van der Waals surface area (Å²) in [5, 5.41) is 0.780. The van der Waals surface area contributed by atoms with Crippen LogP contribution in [0.4, 0.5) is 4.79 Å². The van der Waals surface area contributed by atoms with Crippen LogP contribution in [0.2, 0.25) is 10.0 Å². The lowest BCUT2D eigenvalue weighted by atomic mass is 9.93. The summed E-state index contributed by atoms with van der Waals surface area (Å²) in [6.07, 6.45) is 2.84. The first-order valence-corrected chi connectivity index (χ1v) is 9.86. The van der Waals surface area contributed by atoms with Crippen molar-refractivity contribution in [1.82, 2.24) is 4.90 Å². The SMILES string of the molecule is C=CC[C@H](C(=O)N1C(=O)OC[C@@H]1CCc1ccccc1)c1ccc(Cl)c(Cl)c1. The zero-order valence-electron chi connectivity index (χ0n) is 15.3. The Labute approximate surface area is 174 Å². The van der Waals surface area contributed by atoms with Crippen LogP contribution in [0.5, 0.6) is 0 Å². The quantitative estimate of drug-likeness (QED) is 0.548. The van der Waals surface area contributed by atoms with Crippen LogP contribution in [-0.2, 0) is 16.0 Å². The molecule has 0 radical (unpaired) electrons. The topological polar surface area (TPSA) is 46.6 Å². The van der Waals surface area contributed by atoms with Crippen LogP contribution in [0.15, 0.2) is 61.2 Å². The molecule has 0 saturated carbocycles. The summed E-state index contributed by atoms with van der Waals surface area (Å²) < 4.78 is 5.19. The van der Waals surface area contributed by atoms with Crippen LogP contribution < -0.4 is 0 Å². The molecule has 28 heavy (non-hydrogen) atoms. The summed E-state index contributed by atoms with van der Waals surface area (Å²) in [5.74, 6) is -0.879. The number of benzene rings is 2. The second-order valence-electron chi connectivity index (χ2n) is 6.71. The molecule has 0 unspecified atom stereocenters. The molecule has 2 aromatic rings. The number of imide groups is 1. The van der Waals surface area contributed by atoms with Crippen molar-refractivity contribution in [2.45, 2.75) is 31.2 Å². The highest BCUT2D eigenvalue weighted by atomic mass is 35.5. The van der Waals surface area contributed by atoms with Crippen LogP contribution in [-0.4, -0.2) is 29.5 Å². The zero-order chi connectivity index (χ0) is 20.1. The molecule has 0 aromatic heterocycles. The minimum atomic E-state index is -0.600. The number of carbonyl (C=O) groups excluding carboxylic acids is 2. The Balaban J connectivity index is 1.80. The van der Waals surface area contributed by atoms with Crippen molar-refractivity contribution in [3.8, 4) is 0 Å². The molecule has 1 saturated heterocycles. The number of halogens is 2. The molecule has 0 spiro atoms. The van der Waals surface area contributed by atoms with Gasteiger partial charge >= 0.3 is 6.09 Å². The van der Waals surface area contributed by atoms with Gasteiger partial charge < -0.3 is 4.74 Å². The van der Waals surface area contributed by atoms with Gasteiger partial charge in [0.25, 0.3) is 0 Å². The van der Waals surface area contributed by atoms with Gasteiger partial charge in [-0.15, -0.1) is 6.58 Å². The lowest BCUT2D eigenvalue weighted by Crippen LogP contribution is -2.42. The molecule has 146 valence electrons. The van der Waals surface area contributed by atoms with E-state index in [0.717, 1.165) is 12.0 Å². The maximum Gasteiger partial charge on any atom is 0.416 e. The molecule has 0 aliphatic carbocycles. The predicted molar refractivity (Wildman–Crippen MR) is 111 cm³/mol. The lowest BCUT2D eigenvalue weighted by molar-refractivity contribution is -0.130. The van der Waals surface area contributed by atoms with Crippen molar-refractivity contribution in [2.75, 3.05) is 6.61 Å². The minimum Gasteiger partial charge on any atom is -0.447 e. The summed E-state index contributed by atoms with van der Waals surface area (Å²) in [5.41, 5.74) is 1.85. The molecule has 1 aliphatic rings. The maximum absolute atomic E-state index is 13.3. The van der Waals surface area contributed by atoms with Gasteiger partial charge in [0, 0.05) is 0 Å². The average Bonchev–Trinajstić information content (AvgIpc) is 3.07. The van der Waals surface area contributed by atoms with Crippen molar-refractivity contribution in [1.29, 1.82) is 0 Å². The second kappa shape index (κ2) is 9.26. The molecular formula is C22H21Cl2NO3. The zero-order valence-corrected chi connectivity index (χ0v) is 16.8. The Morgan fingerprint density at radius 3 is 2.64 bits per heavy atom. The van der Waals surface area contributed by atoms with E-state index in [-0.39, 0.29) is 18.6 Å². The third-order valence-corrected chi connectivity index (χ3v) is 5.59. The number of nitrogens with zero attached hydrogens (tertiary/aromatic N) is 1. The van der Waals surface area contributed by atoms with E-state index in [1.807, 2.05) is 30.3 Å². The van der Waals surface area contributed by atoms with Crippen LogP contribution in [0.3, 0.4) is 0 Å². The Bertz CT molecular complexity index is 869. The van der Waals surface area contributed by atoms with Gasteiger partial charge in [0.2, 0.25) is 5.91 Å². The standard InChI is InChI=1S/C22H21Cl2NO3/c1-2-6-18(16-10-12-19(23)20(24)13-16)21(26)25-17(14-28-22(25)27)11-9-15-7-4-3-5-8-15/h2-5,7-8,10,12-13,17-18H,1,6,9,11,14H2/t17-,18-/m0/s1. The van der Waals surface area contributed by atoms with E-state index in [1.54, 1.807) is 24.3 Å². The molecule has 2 amide bonds.